The van der Waals surface area contributed by atoms with Crippen LogP contribution in [0.25, 0.3) is 20.4 Å². The molecular weight excluding hydrogens is 835 g/mol. The van der Waals surface area contributed by atoms with Crippen LogP contribution in [0.4, 0.5) is 33.0 Å². The SMILES string of the molecule is CC(C)(C)c1ccc2nc(N=Nc3cc4c(cc3O)N(C(C)(C)C)CC4)sc2c1.CC(C)c1ccc2nc(N=Nc3cc4c(cc3C(=O)O)N(C(C)C)CCC4)sc2c1.[Ni]. The average molecular weight is 890 g/mol. The normalized spacial score (nSPS) is 14.3. The molecule has 2 aliphatic heterocycles. The van der Waals surface area contributed by atoms with Crippen molar-refractivity contribution in [2.24, 2.45) is 20.5 Å². The molecule has 60 heavy (non-hydrogen) atoms. The predicted molar refractivity (Wildman–Crippen MR) is 243 cm³/mol. The van der Waals surface area contributed by atoms with Gasteiger partial charge in [0, 0.05) is 58.6 Å². The molecule has 0 unspecified atom stereocenters. The average Bonchev–Trinajstić information content (AvgIpc) is 3.90. The van der Waals surface area contributed by atoms with E-state index in [1.807, 2.05) is 30.3 Å². The van der Waals surface area contributed by atoms with E-state index in [9.17, 15) is 15.0 Å². The summed E-state index contributed by atoms with van der Waals surface area (Å²) in [6, 6.07) is 20.3. The Bertz CT molecular complexity index is 2600. The third kappa shape index (κ3) is 9.72. The molecule has 0 aliphatic carbocycles. The Labute approximate surface area is 370 Å². The summed E-state index contributed by atoms with van der Waals surface area (Å²) < 4.78 is 2.16. The molecule has 318 valence electrons. The van der Waals surface area contributed by atoms with Crippen LogP contribution in [-0.4, -0.2) is 50.8 Å². The summed E-state index contributed by atoms with van der Waals surface area (Å²) in [6.07, 6.45) is 2.91. The molecule has 0 spiro atoms. The number of carbonyl (C=O) groups is 1. The molecule has 6 aromatic rings. The Hall–Kier alpha value is -4.78. The number of thiazole rings is 2. The van der Waals surface area contributed by atoms with E-state index in [4.69, 9.17) is 0 Å². The number of carboxylic acid groups (broad SMARTS) is 1. The summed E-state index contributed by atoms with van der Waals surface area (Å²) in [5.41, 5.74) is 9.92. The van der Waals surface area contributed by atoms with Crippen molar-refractivity contribution in [1.29, 1.82) is 0 Å². The molecule has 0 saturated heterocycles. The first-order valence-electron chi connectivity index (χ1n) is 20.3. The van der Waals surface area contributed by atoms with Gasteiger partial charge in [-0.15, -0.1) is 20.5 Å². The minimum Gasteiger partial charge on any atom is -0.506 e. The Morgan fingerprint density at radius 3 is 1.93 bits per heavy atom. The van der Waals surface area contributed by atoms with Crippen LogP contribution < -0.4 is 9.80 Å². The van der Waals surface area contributed by atoms with Crippen molar-refractivity contribution in [3.63, 3.8) is 0 Å². The summed E-state index contributed by atoms with van der Waals surface area (Å²) in [5, 5.41) is 38.6. The summed E-state index contributed by atoms with van der Waals surface area (Å²) in [4.78, 5) is 25.6. The predicted octanol–water partition coefficient (Wildman–Crippen LogP) is 13.6. The van der Waals surface area contributed by atoms with Gasteiger partial charge in [0.05, 0.1) is 26.0 Å². The molecular formula is C46H54N8NiO3S2. The number of aromatic carboxylic acids is 1. The minimum atomic E-state index is -0.994. The fourth-order valence-corrected chi connectivity index (χ4v) is 9.24. The van der Waals surface area contributed by atoms with Crippen LogP contribution in [0, 0.1) is 0 Å². The van der Waals surface area contributed by atoms with Crippen molar-refractivity contribution in [3.8, 4) is 5.75 Å². The van der Waals surface area contributed by atoms with Gasteiger partial charge in [0.2, 0.25) is 10.3 Å². The molecule has 4 heterocycles. The third-order valence-electron chi connectivity index (χ3n) is 10.9. The molecule has 2 aromatic heterocycles. The number of hydrogen-bond donors (Lipinski definition) is 2. The van der Waals surface area contributed by atoms with Crippen LogP contribution >= 0.6 is 22.7 Å². The van der Waals surface area contributed by atoms with E-state index in [0.29, 0.717) is 33.6 Å². The number of phenolic OH excluding ortho intramolecular Hbond substituents is 1. The number of benzene rings is 4. The maximum absolute atomic E-state index is 11.9. The van der Waals surface area contributed by atoms with Crippen LogP contribution in [0.3, 0.4) is 0 Å². The molecule has 0 atom stereocenters. The summed E-state index contributed by atoms with van der Waals surface area (Å²) in [7, 11) is 0. The maximum atomic E-state index is 11.9. The van der Waals surface area contributed by atoms with Crippen LogP contribution in [-0.2, 0) is 34.7 Å². The first-order valence-corrected chi connectivity index (χ1v) is 21.9. The van der Waals surface area contributed by atoms with Crippen molar-refractivity contribution < 1.29 is 31.5 Å². The van der Waals surface area contributed by atoms with Gasteiger partial charge in [0.25, 0.3) is 0 Å². The van der Waals surface area contributed by atoms with Gasteiger partial charge in [-0.1, -0.05) is 69.4 Å². The monoisotopic (exact) mass is 888 g/mol. The van der Waals surface area contributed by atoms with E-state index >= 15 is 0 Å². The first-order chi connectivity index (χ1) is 27.8. The second kappa shape index (κ2) is 17.7. The zero-order chi connectivity index (χ0) is 42.4. The van der Waals surface area contributed by atoms with Crippen LogP contribution in [0.1, 0.15) is 114 Å². The van der Waals surface area contributed by atoms with E-state index in [1.165, 1.54) is 39.4 Å². The zero-order valence-corrected chi connectivity index (χ0v) is 38.6. The number of hydrogen-bond acceptors (Lipinski definition) is 12. The molecule has 8 rings (SSSR count). The van der Waals surface area contributed by atoms with Gasteiger partial charge in [-0.2, -0.15) is 0 Å². The molecule has 0 saturated carbocycles. The number of aryl methyl sites for hydroxylation is 1. The molecule has 0 radical (unpaired) electrons. The molecule has 14 heteroatoms. The third-order valence-corrected chi connectivity index (χ3v) is 12.7. The fourth-order valence-electron chi connectivity index (χ4n) is 7.57. The summed E-state index contributed by atoms with van der Waals surface area (Å²) in [6.45, 7) is 23.6. The van der Waals surface area contributed by atoms with E-state index in [1.54, 1.807) is 6.07 Å². The number of phenols is 1. The van der Waals surface area contributed by atoms with E-state index in [-0.39, 0.29) is 38.8 Å². The van der Waals surface area contributed by atoms with Gasteiger partial charge < -0.3 is 20.0 Å². The van der Waals surface area contributed by atoms with E-state index in [0.717, 1.165) is 69.7 Å². The standard InChI is InChI=1S/C23H26N4O2S.C23H28N4OS.Ni/c1-13(2)15-7-8-18-21(11-15)30-23(24-18)26-25-19-10-16-6-5-9-27(14(3)4)20(16)12-17(19)22(28)29;1-22(2,3)15-7-8-16-20(12-15)29-21(24-16)26-25-17-11-14-9-10-27(23(4,5)6)18(14)13-19(17)28;/h7-8,10-14H,5-6,9H2,1-4H3,(H,28,29);7-8,11-13,28H,9-10H2,1-6H3;. The van der Waals surface area contributed by atoms with Crippen molar-refractivity contribution in [3.05, 3.63) is 88.5 Å². The summed E-state index contributed by atoms with van der Waals surface area (Å²) in [5.74, 6) is -0.396. The number of nitrogens with zero attached hydrogens (tertiary/aromatic N) is 8. The Balaban J connectivity index is 0.000000198. The van der Waals surface area contributed by atoms with Crippen molar-refractivity contribution in [1.82, 2.24) is 9.97 Å². The van der Waals surface area contributed by atoms with Crippen LogP contribution in [0.15, 0.2) is 81.1 Å². The number of aromatic hydroxyl groups is 1. The molecule has 0 amide bonds. The van der Waals surface area contributed by atoms with Gasteiger partial charge in [-0.25, -0.2) is 14.8 Å². The quantitative estimate of drug-likeness (QED) is 0.120. The van der Waals surface area contributed by atoms with Crippen molar-refractivity contribution in [2.45, 2.75) is 111 Å². The largest absolute Gasteiger partial charge is 0.506 e. The molecule has 0 fully saturated rings. The first kappa shape index (κ1) is 44.8. The Kier molecular flexibility index (Phi) is 13.2. The number of rotatable bonds is 7. The second-order valence-electron chi connectivity index (χ2n) is 17.9. The number of aromatic nitrogens is 2. The molecule has 2 N–H and O–H groups in total. The fraction of sp³-hybridized carbons (Fsp3) is 0.413. The van der Waals surface area contributed by atoms with E-state index < -0.39 is 5.97 Å². The van der Waals surface area contributed by atoms with Gasteiger partial charge >= 0.3 is 5.97 Å². The van der Waals surface area contributed by atoms with Crippen molar-refractivity contribution >= 4 is 82.1 Å². The van der Waals surface area contributed by atoms with Gasteiger partial charge in [-0.05, 0) is 130 Å². The van der Waals surface area contributed by atoms with Gasteiger partial charge in [0.1, 0.15) is 17.1 Å². The number of carboxylic acids is 1. The molecule has 11 nitrogen and oxygen atoms in total. The number of anilines is 2. The topological polar surface area (TPSA) is 139 Å². The van der Waals surface area contributed by atoms with Gasteiger partial charge in [-0.3, -0.25) is 0 Å². The van der Waals surface area contributed by atoms with Crippen molar-refractivity contribution in [2.75, 3.05) is 22.9 Å². The second-order valence-corrected chi connectivity index (χ2v) is 20.0. The Morgan fingerprint density at radius 1 is 0.733 bits per heavy atom. The zero-order valence-electron chi connectivity index (χ0n) is 36.0. The summed E-state index contributed by atoms with van der Waals surface area (Å²) >= 11 is 2.99. The number of azo groups is 2. The maximum Gasteiger partial charge on any atom is 0.338 e. The smallest absolute Gasteiger partial charge is 0.338 e. The molecule has 4 aromatic carbocycles. The van der Waals surface area contributed by atoms with Crippen LogP contribution in [0.2, 0.25) is 0 Å². The molecule has 2 aliphatic rings. The molecule has 0 bridgehead atoms. The van der Waals surface area contributed by atoms with E-state index in [2.05, 4.69) is 134 Å². The number of fused-ring (bicyclic) bond motifs is 4. The van der Waals surface area contributed by atoms with Gasteiger partial charge in [0.15, 0.2) is 0 Å². The minimum absolute atomic E-state index is 0. The Morgan fingerprint density at radius 2 is 1.33 bits per heavy atom. The van der Waals surface area contributed by atoms with Crippen LogP contribution in [0.5, 0.6) is 5.75 Å².